The zero-order valence-electron chi connectivity index (χ0n) is 40.9. The van der Waals surface area contributed by atoms with Gasteiger partial charge in [0.2, 0.25) is 0 Å². The second-order valence-electron chi connectivity index (χ2n) is 15.7. The van der Waals surface area contributed by atoms with Crippen LogP contribution in [0.5, 0.6) is 0 Å². The number of esters is 6. The Morgan fingerprint density at radius 1 is 0.611 bits per heavy atom. The summed E-state index contributed by atoms with van der Waals surface area (Å²) in [7, 11) is 4.12. The van der Waals surface area contributed by atoms with Gasteiger partial charge in [0.15, 0.2) is 13.2 Å². The number of aliphatic imine (C=N–C) groups is 2. The van der Waals surface area contributed by atoms with Crippen molar-refractivity contribution < 1.29 is 132 Å². The van der Waals surface area contributed by atoms with Crippen molar-refractivity contribution in [2.75, 3.05) is 80.0 Å². The van der Waals surface area contributed by atoms with Crippen LogP contribution in [0.3, 0.4) is 0 Å². The molecule has 72 heavy (non-hydrogen) atoms. The Hall–Kier alpha value is -4.86. The number of carboxylic acids is 2. The van der Waals surface area contributed by atoms with E-state index in [0.29, 0.717) is 0 Å². The highest BCUT2D eigenvalue weighted by Crippen LogP contribution is 2.38. The minimum absolute atomic E-state index is 0. The van der Waals surface area contributed by atoms with Gasteiger partial charge in [0.25, 0.3) is 0 Å². The number of alkyl halides is 6. The first-order chi connectivity index (χ1) is 32.5. The number of hydrogen-bond acceptors (Lipinski definition) is 18. The summed E-state index contributed by atoms with van der Waals surface area (Å²) in [5.41, 5.74) is 0.278. The third-order valence-electron chi connectivity index (χ3n) is 9.36. The Morgan fingerprint density at radius 3 is 1.40 bits per heavy atom. The van der Waals surface area contributed by atoms with Gasteiger partial charge in [-0.15, -0.1) is 12.4 Å². The maximum absolute atomic E-state index is 12.4. The van der Waals surface area contributed by atoms with Crippen molar-refractivity contribution in [1.82, 2.24) is 4.90 Å². The van der Waals surface area contributed by atoms with Gasteiger partial charge < -0.3 is 72.6 Å². The summed E-state index contributed by atoms with van der Waals surface area (Å²) < 4.78 is 101. The molecule has 6 unspecified atom stereocenters. The number of aliphatic carboxylic acids is 2. The van der Waals surface area contributed by atoms with Crippen LogP contribution >= 0.6 is 12.4 Å². The van der Waals surface area contributed by atoms with Gasteiger partial charge in [-0.1, -0.05) is 13.2 Å². The molecule has 2 saturated carbocycles. The summed E-state index contributed by atoms with van der Waals surface area (Å²) in [5.74, 6) is -15.0. The Balaban J connectivity index is -0.000000513. The molecule has 0 aromatic rings. The Bertz CT molecular complexity index is 1800. The molecule has 2 rings (SSSR count). The topological polar surface area (TPSA) is 281 Å². The molecule has 0 aromatic carbocycles. The Labute approximate surface area is 436 Å². The van der Waals surface area contributed by atoms with E-state index in [-0.39, 0.29) is 99.5 Å². The third kappa shape index (κ3) is 35.3. The van der Waals surface area contributed by atoms with Crippen molar-refractivity contribution in [3.05, 3.63) is 24.3 Å². The van der Waals surface area contributed by atoms with E-state index in [0.717, 1.165) is 26.1 Å². The quantitative estimate of drug-likeness (QED) is 0.0283. The van der Waals surface area contributed by atoms with Crippen LogP contribution in [-0.4, -0.2) is 166 Å². The number of carboxylic acid groups (broad SMARTS) is 2. The fourth-order valence-electron chi connectivity index (χ4n) is 6.06. The molecular weight excluding hydrogens is 1120 g/mol. The smallest absolute Gasteiger partial charge is 0.422 e. The summed E-state index contributed by atoms with van der Waals surface area (Å²) in [6.07, 6.45) is -9.33. The lowest BCUT2D eigenvalue weighted by Gasteiger charge is -2.32. The van der Waals surface area contributed by atoms with Gasteiger partial charge in [0, 0.05) is 24.3 Å². The molecule has 0 saturated heterocycles. The molecule has 28 heteroatoms. The molecule has 0 aliphatic heterocycles. The molecule has 0 radical (unpaired) electrons. The molecule has 2 aliphatic carbocycles. The second-order valence-corrected chi connectivity index (χ2v) is 15.7. The van der Waals surface area contributed by atoms with Crippen LogP contribution in [0.4, 0.5) is 26.3 Å². The number of aliphatic hydroxyl groups excluding tert-OH is 1. The number of aliphatic hydroxyl groups is 1. The predicted molar refractivity (Wildman–Crippen MR) is 240 cm³/mol. The van der Waals surface area contributed by atoms with E-state index < -0.39 is 128 Å². The molecule has 6 atom stereocenters. The number of ether oxygens (including phenoxy) is 6. The minimum Gasteiger partial charge on any atom is -1.00 e. The van der Waals surface area contributed by atoms with E-state index in [1.54, 1.807) is 6.92 Å². The van der Waals surface area contributed by atoms with Crippen molar-refractivity contribution >= 4 is 66.2 Å². The highest BCUT2D eigenvalue weighted by Gasteiger charge is 2.46. The number of carbonyl (C=O) groups is 8. The predicted octanol–water partition coefficient (Wildman–Crippen LogP) is 2.30. The molecule has 20 nitrogen and oxygen atoms in total. The molecule has 0 amide bonds. The van der Waals surface area contributed by atoms with Crippen molar-refractivity contribution in [3.63, 3.8) is 0 Å². The molecule has 0 aromatic heterocycles. The SMILES string of the molecule is C=C(C)C(=O)OCCOC(=O)C1CC(C(=O)O)CCC1C(=O)O.C=C(C)C(=O)OCCOC(=O)C1CC(C(=O)OCC(F)(F)F)CCC1C(=O)OCC(F)(F)F.CCN=C=NCCCN(C)C.CCO.Cl.[I-]. The first kappa shape index (κ1) is 73.7. The highest BCUT2D eigenvalue weighted by atomic mass is 127. The number of carbonyl (C=O) groups excluding carboxylic acids is 6. The van der Waals surface area contributed by atoms with Gasteiger partial charge in [-0.25, -0.2) is 19.6 Å². The van der Waals surface area contributed by atoms with Gasteiger partial charge >= 0.3 is 60.1 Å². The van der Waals surface area contributed by atoms with E-state index in [4.69, 9.17) is 34.3 Å². The van der Waals surface area contributed by atoms with Crippen molar-refractivity contribution in [3.8, 4) is 0 Å². The van der Waals surface area contributed by atoms with E-state index >= 15 is 0 Å². The maximum Gasteiger partial charge on any atom is 0.422 e. The van der Waals surface area contributed by atoms with E-state index in [1.165, 1.54) is 13.8 Å². The maximum atomic E-state index is 12.4. The Kier molecular flexibility index (Phi) is 40.6. The first-order valence-electron chi connectivity index (χ1n) is 21.8. The van der Waals surface area contributed by atoms with Crippen LogP contribution in [-0.2, 0) is 66.8 Å². The summed E-state index contributed by atoms with van der Waals surface area (Å²) in [6, 6.07) is 2.64. The van der Waals surface area contributed by atoms with Crippen LogP contribution < -0.4 is 24.0 Å². The largest absolute Gasteiger partial charge is 1.00 e. The second kappa shape index (κ2) is 39.6. The number of halogens is 8. The molecule has 0 bridgehead atoms. The van der Waals surface area contributed by atoms with E-state index in [2.05, 4.69) is 57.6 Å². The third-order valence-corrected chi connectivity index (χ3v) is 9.36. The number of hydrogen-bond donors (Lipinski definition) is 3. The van der Waals surface area contributed by atoms with Crippen molar-refractivity contribution in [2.24, 2.45) is 45.5 Å². The van der Waals surface area contributed by atoms with Crippen LogP contribution in [0.25, 0.3) is 0 Å². The fraction of sp³-hybridized carbons (Fsp3) is 0.705. The van der Waals surface area contributed by atoms with E-state index in [1.807, 2.05) is 6.92 Å². The molecule has 0 spiro atoms. The van der Waals surface area contributed by atoms with Crippen molar-refractivity contribution in [2.45, 2.75) is 85.0 Å². The summed E-state index contributed by atoms with van der Waals surface area (Å²) in [4.78, 5) is 103. The van der Waals surface area contributed by atoms with Gasteiger partial charge in [-0.2, -0.15) is 26.3 Å². The lowest BCUT2D eigenvalue weighted by Crippen LogP contribution is -3.00. The molecular formula is C44H66ClF6IN3O17-. The van der Waals surface area contributed by atoms with Gasteiger partial charge in [0.05, 0.1) is 48.1 Å². The van der Waals surface area contributed by atoms with Crippen molar-refractivity contribution in [1.29, 1.82) is 0 Å². The zero-order chi connectivity index (χ0) is 54.2. The van der Waals surface area contributed by atoms with Gasteiger partial charge in [0.1, 0.15) is 26.4 Å². The molecule has 2 aliphatic rings. The fourth-order valence-corrected chi connectivity index (χ4v) is 6.06. The number of nitrogens with zero attached hydrogens (tertiary/aromatic N) is 3. The van der Waals surface area contributed by atoms with E-state index in [9.17, 15) is 64.7 Å². The number of rotatable bonds is 21. The normalized spacial score (nSPS) is 18.9. The standard InChI is InChI=1S/C19H22F6O8.C15H20O8.C8H17N3.C2H6O.ClH.HI/c1-10(2)14(26)30-5-6-31-17(29)13-7-11(15(27)32-8-18(20,21)22)3-4-12(13)16(28)33-9-19(23,24)25;1-8(2)14(20)22-5-6-23-15(21)11-7-9(12(16)17)3-4-10(11)13(18)19;1-4-9-8-10-6-5-7-11(2)3;1-2-3;;/h11-13H,1,3-9H2,2H3;9-11H,1,3-7H2,2H3,(H,16,17)(H,18,19);4-7H2,1-3H3;3H,2H2,1H3;2*1H/p-1. The monoisotopic (exact) mass is 1180 g/mol. The lowest BCUT2D eigenvalue weighted by atomic mass is 9.74. The average Bonchev–Trinajstić information content (AvgIpc) is 3.27. The Morgan fingerprint density at radius 2 is 1.00 bits per heavy atom. The average molecular weight is 1190 g/mol. The van der Waals surface area contributed by atoms with Gasteiger partial charge in [-0.05, 0) is 93.3 Å². The zero-order valence-corrected chi connectivity index (χ0v) is 43.8. The van der Waals surface area contributed by atoms with Crippen LogP contribution in [0.1, 0.15) is 72.6 Å². The molecule has 2 fully saturated rings. The van der Waals surface area contributed by atoms with Crippen LogP contribution in [0.2, 0.25) is 0 Å². The van der Waals surface area contributed by atoms with Crippen LogP contribution in [0, 0.1) is 35.5 Å². The highest BCUT2D eigenvalue weighted by molar-refractivity contribution is 5.88. The van der Waals surface area contributed by atoms with Crippen LogP contribution in [0.15, 0.2) is 34.3 Å². The molecule has 0 heterocycles. The summed E-state index contributed by atoms with van der Waals surface area (Å²) in [5, 5.41) is 25.7. The molecule has 416 valence electrons. The lowest BCUT2D eigenvalue weighted by molar-refractivity contribution is -0.195. The van der Waals surface area contributed by atoms with Gasteiger partial charge in [-0.3, -0.25) is 28.8 Å². The molecule has 3 N–H and O–H groups in total. The first-order valence-corrected chi connectivity index (χ1v) is 21.8. The summed E-state index contributed by atoms with van der Waals surface area (Å²) >= 11 is 0. The minimum atomic E-state index is -4.82. The summed E-state index contributed by atoms with van der Waals surface area (Å²) in [6.45, 7) is 11.1.